The summed E-state index contributed by atoms with van der Waals surface area (Å²) in [7, 11) is 1.71. The zero-order valence-electron chi connectivity index (χ0n) is 11.5. The van der Waals surface area contributed by atoms with E-state index in [1.54, 1.807) is 7.05 Å². The molecule has 0 fully saturated rings. The molecule has 108 valence electrons. The maximum absolute atomic E-state index is 5.91. The van der Waals surface area contributed by atoms with E-state index in [1.165, 1.54) is 4.80 Å². The van der Waals surface area contributed by atoms with E-state index >= 15 is 0 Å². The van der Waals surface area contributed by atoms with Crippen molar-refractivity contribution in [2.45, 2.75) is 25.8 Å². The molecule has 0 aliphatic rings. The molecule has 1 heterocycles. The Morgan fingerprint density at radius 2 is 2.15 bits per heavy atom. The highest BCUT2D eigenvalue weighted by Gasteiger charge is 2.08. The van der Waals surface area contributed by atoms with Gasteiger partial charge in [-0.05, 0) is 17.7 Å². The minimum Gasteiger partial charge on any atom is -0.493 e. The molecule has 2 rings (SSSR count). The van der Waals surface area contributed by atoms with Gasteiger partial charge in [-0.3, -0.25) is 0 Å². The Balaban J connectivity index is 2.07. The molecule has 7 heteroatoms. The summed E-state index contributed by atoms with van der Waals surface area (Å²) in [5.74, 6) is 2.34. The van der Waals surface area contributed by atoms with Gasteiger partial charge in [-0.2, -0.15) is 4.80 Å². The number of alkyl halides is 1. The van der Waals surface area contributed by atoms with Gasteiger partial charge in [-0.15, -0.1) is 21.8 Å². The lowest BCUT2D eigenvalue weighted by Gasteiger charge is -2.11. The Labute approximate surface area is 122 Å². The van der Waals surface area contributed by atoms with E-state index < -0.39 is 0 Å². The molecule has 0 atom stereocenters. The van der Waals surface area contributed by atoms with Crippen molar-refractivity contribution in [3.8, 4) is 11.5 Å². The van der Waals surface area contributed by atoms with Gasteiger partial charge in [0, 0.05) is 11.6 Å². The van der Waals surface area contributed by atoms with E-state index in [9.17, 15) is 0 Å². The minimum atomic E-state index is 0.245. The third-order valence-electron chi connectivity index (χ3n) is 2.56. The van der Waals surface area contributed by atoms with Crippen LogP contribution in [0.15, 0.2) is 18.2 Å². The Hall–Kier alpha value is -1.82. The predicted octanol–water partition coefficient (Wildman–Crippen LogP) is 2.32. The summed E-state index contributed by atoms with van der Waals surface area (Å²) in [5, 5.41) is 11.7. The van der Waals surface area contributed by atoms with Gasteiger partial charge < -0.3 is 9.47 Å². The van der Waals surface area contributed by atoms with E-state index in [0.29, 0.717) is 24.1 Å². The van der Waals surface area contributed by atoms with Crippen LogP contribution in [0.4, 0.5) is 0 Å². The van der Waals surface area contributed by atoms with Gasteiger partial charge in [-0.25, -0.2) is 0 Å². The number of aryl methyl sites for hydroxylation is 1. The first kappa shape index (κ1) is 14.6. The molecule has 20 heavy (non-hydrogen) atoms. The number of tetrazole rings is 1. The molecule has 0 saturated carbocycles. The number of halogens is 1. The maximum Gasteiger partial charge on any atom is 0.212 e. The summed E-state index contributed by atoms with van der Waals surface area (Å²) in [6, 6.07) is 5.63. The minimum absolute atomic E-state index is 0.245. The van der Waals surface area contributed by atoms with Crippen LogP contribution in [0, 0.1) is 0 Å². The monoisotopic (exact) mass is 296 g/mol. The molecule has 0 saturated heterocycles. The first-order valence-electron chi connectivity index (χ1n) is 6.40. The van der Waals surface area contributed by atoms with Gasteiger partial charge in [0.25, 0.3) is 0 Å². The smallest absolute Gasteiger partial charge is 0.212 e. The van der Waals surface area contributed by atoms with Crippen LogP contribution in [-0.2, 0) is 19.5 Å². The van der Waals surface area contributed by atoms with Crippen molar-refractivity contribution in [3.63, 3.8) is 0 Å². The molecule has 0 amide bonds. The van der Waals surface area contributed by atoms with Crippen molar-refractivity contribution in [2.75, 3.05) is 6.61 Å². The van der Waals surface area contributed by atoms with Crippen LogP contribution in [0.25, 0.3) is 0 Å². The number of nitrogens with zero attached hydrogens (tertiary/aromatic N) is 4. The summed E-state index contributed by atoms with van der Waals surface area (Å²) in [5.41, 5.74) is 0.902. The molecule has 2 aromatic rings. The molecule has 1 aromatic carbocycles. The van der Waals surface area contributed by atoms with Crippen molar-refractivity contribution >= 4 is 11.6 Å². The van der Waals surface area contributed by atoms with Gasteiger partial charge >= 0.3 is 0 Å². The van der Waals surface area contributed by atoms with Crippen molar-refractivity contribution in [3.05, 3.63) is 29.6 Å². The van der Waals surface area contributed by atoms with Crippen molar-refractivity contribution in [1.82, 2.24) is 20.2 Å². The van der Waals surface area contributed by atoms with Crippen LogP contribution < -0.4 is 9.47 Å². The van der Waals surface area contributed by atoms with E-state index in [0.717, 1.165) is 17.7 Å². The Morgan fingerprint density at radius 3 is 2.80 bits per heavy atom. The summed E-state index contributed by atoms with van der Waals surface area (Å²) < 4.78 is 11.3. The lowest BCUT2D eigenvalue weighted by atomic mass is 10.2. The average Bonchev–Trinajstić information content (AvgIpc) is 2.88. The zero-order chi connectivity index (χ0) is 14.4. The molecule has 0 spiro atoms. The molecule has 1 aromatic heterocycles. The highest BCUT2D eigenvalue weighted by Crippen LogP contribution is 2.27. The number of benzene rings is 1. The molecule has 0 aliphatic heterocycles. The fraction of sp³-hybridized carbons (Fsp3) is 0.462. The van der Waals surface area contributed by atoms with Crippen molar-refractivity contribution in [2.24, 2.45) is 7.05 Å². The second kappa shape index (κ2) is 7.09. The highest BCUT2D eigenvalue weighted by atomic mass is 35.5. The van der Waals surface area contributed by atoms with Crippen LogP contribution in [0.5, 0.6) is 11.5 Å². The third-order valence-corrected chi connectivity index (χ3v) is 2.85. The number of aromatic nitrogens is 4. The number of hydrogen-bond donors (Lipinski definition) is 0. The Morgan fingerprint density at radius 1 is 1.30 bits per heavy atom. The van der Waals surface area contributed by atoms with Gasteiger partial charge in [0.15, 0.2) is 6.61 Å². The van der Waals surface area contributed by atoms with Crippen molar-refractivity contribution in [1.29, 1.82) is 0 Å². The second-order valence-electron chi connectivity index (χ2n) is 4.24. The largest absolute Gasteiger partial charge is 0.493 e. The third kappa shape index (κ3) is 3.84. The maximum atomic E-state index is 5.91. The van der Waals surface area contributed by atoms with Gasteiger partial charge in [-0.1, -0.05) is 13.0 Å². The molecular weight excluding hydrogens is 280 g/mol. The highest BCUT2D eigenvalue weighted by molar-refractivity contribution is 6.17. The van der Waals surface area contributed by atoms with Gasteiger partial charge in [0.2, 0.25) is 5.82 Å². The first-order valence-corrected chi connectivity index (χ1v) is 6.93. The fourth-order valence-electron chi connectivity index (χ4n) is 1.61. The van der Waals surface area contributed by atoms with Crippen molar-refractivity contribution < 1.29 is 9.47 Å². The number of ether oxygens (including phenoxy) is 2. The zero-order valence-corrected chi connectivity index (χ0v) is 12.3. The second-order valence-corrected chi connectivity index (χ2v) is 4.50. The van der Waals surface area contributed by atoms with Crippen LogP contribution in [0.2, 0.25) is 0 Å². The standard InChI is InChI=1S/C13H17ClN4O2/c1-3-6-19-11-5-4-10(8-14)12(7-11)20-9-13-15-17-18(2)16-13/h4-5,7H,3,6,8-9H2,1-2H3. The van der Waals surface area contributed by atoms with Crippen LogP contribution in [0.3, 0.4) is 0 Å². The molecular formula is C13H17ClN4O2. The summed E-state index contributed by atoms with van der Waals surface area (Å²) in [6.45, 7) is 2.98. The average molecular weight is 297 g/mol. The summed E-state index contributed by atoms with van der Waals surface area (Å²) in [4.78, 5) is 1.39. The lowest BCUT2D eigenvalue weighted by molar-refractivity contribution is 0.285. The van der Waals surface area contributed by atoms with E-state index in [1.807, 2.05) is 18.2 Å². The quantitative estimate of drug-likeness (QED) is 0.734. The van der Waals surface area contributed by atoms with Crippen LogP contribution in [-0.4, -0.2) is 26.8 Å². The Bertz CT molecular complexity index is 559. The number of hydrogen-bond acceptors (Lipinski definition) is 5. The molecule has 0 aliphatic carbocycles. The van der Waals surface area contributed by atoms with Crippen LogP contribution in [0.1, 0.15) is 24.7 Å². The SMILES string of the molecule is CCCOc1ccc(CCl)c(OCc2nnn(C)n2)c1. The molecule has 6 nitrogen and oxygen atoms in total. The lowest BCUT2D eigenvalue weighted by Crippen LogP contribution is -2.02. The molecule has 0 radical (unpaired) electrons. The molecule has 0 N–H and O–H groups in total. The molecule has 0 unspecified atom stereocenters. The predicted molar refractivity (Wildman–Crippen MR) is 74.9 cm³/mol. The summed E-state index contributed by atoms with van der Waals surface area (Å²) in [6.07, 6.45) is 0.955. The molecule has 0 bridgehead atoms. The Kier molecular flexibility index (Phi) is 5.17. The fourth-order valence-corrected chi connectivity index (χ4v) is 1.83. The van der Waals surface area contributed by atoms with E-state index in [4.69, 9.17) is 21.1 Å². The number of rotatable bonds is 7. The van der Waals surface area contributed by atoms with Crippen LogP contribution >= 0.6 is 11.6 Å². The first-order chi connectivity index (χ1) is 9.72. The van der Waals surface area contributed by atoms with E-state index in [2.05, 4.69) is 22.3 Å². The topological polar surface area (TPSA) is 62.1 Å². The van der Waals surface area contributed by atoms with Gasteiger partial charge in [0.05, 0.1) is 19.5 Å². The summed E-state index contributed by atoms with van der Waals surface area (Å²) >= 11 is 5.91. The van der Waals surface area contributed by atoms with E-state index in [-0.39, 0.29) is 6.61 Å². The van der Waals surface area contributed by atoms with Gasteiger partial charge in [0.1, 0.15) is 11.5 Å². The normalized spacial score (nSPS) is 10.6.